The molecule has 2 aromatic carbocycles. The molecule has 0 aliphatic carbocycles. The van der Waals surface area contributed by atoms with Crippen LogP contribution in [0.2, 0.25) is 0 Å². The average Bonchev–Trinajstić information content (AvgIpc) is 2.69. The van der Waals surface area contributed by atoms with Gasteiger partial charge in [0, 0.05) is 57.7 Å². The number of piperazine rings is 1. The lowest BCUT2D eigenvalue weighted by atomic mass is 10.1. The maximum atomic E-state index is 7.16. The molecule has 1 saturated heterocycles. The van der Waals surface area contributed by atoms with Crippen LogP contribution in [0, 0.1) is 20.4 Å². The number of nitrogens with zero attached hydrogens (tertiary/aromatic N) is 4. The predicted octanol–water partition coefficient (Wildman–Crippen LogP) is 4.11. The molecule has 0 atom stereocenters. The van der Waals surface area contributed by atoms with E-state index >= 15 is 0 Å². The summed E-state index contributed by atoms with van der Waals surface area (Å²) in [6, 6.07) is 14.5. The molecule has 1 fully saturated rings. The van der Waals surface area contributed by atoms with E-state index in [2.05, 4.69) is 64.7 Å². The minimum Gasteiger partial charge on any atom is -0.374 e. The van der Waals surface area contributed by atoms with Crippen LogP contribution in [0.1, 0.15) is 11.1 Å². The zero-order valence-electron chi connectivity index (χ0n) is 16.1. The van der Waals surface area contributed by atoms with Crippen LogP contribution in [-0.4, -0.2) is 51.2 Å². The molecule has 1 aliphatic heterocycles. The van der Waals surface area contributed by atoms with E-state index in [9.17, 15) is 0 Å². The molecular formula is C22H28N4. The molecule has 4 heteroatoms. The molecular weight excluding hydrogens is 320 g/mol. The Morgan fingerprint density at radius 3 is 2.50 bits per heavy atom. The Labute approximate surface area is 157 Å². The number of hydrogen-bond donors (Lipinski definition) is 0. The van der Waals surface area contributed by atoms with E-state index in [0.29, 0.717) is 5.69 Å². The van der Waals surface area contributed by atoms with Gasteiger partial charge in [-0.3, -0.25) is 4.90 Å². The standard InChI is InChI=1S/C22H28N4/c1-18-7-5-10-22(19(18)2)26-15-13-25(14-16-26)12-11-24(4)21-9-6-8-20(17-21)23-3/h5-10,17H,11-16H2,1-2,4H3. The fourth-order valence-electron chi connectivity index (χ4n) is 3.51. The first-order valence-corrected chi connectivity index (χ1v) is 9.30. The third-order valence-electron chi connectivity index (χ3n) is 5.44. The molecule has 2 aromatic rings. The van der Waals surface area contributed by atoms with Gasteiger partial charge in [0.05, 0.1) is 6.57 Å². The van der Waals surface area contributed by atoms with Gasteiger partial charge in [0.15, 0.2) is 5.69 Å². The number of aryl methyl sites for hydroxylation is 1. The summed E-state index contributed by atoms with van der Waals surface area (Å²) in [6.07, 6.45) is 0. The van der Waals surface area contributed by atoms with Crippen molar-refractivity contribution in [2.24, 2.45) is 0 Å². The summed E-state index contributed by atoms with van der Waals surface area (Å²) in [6.45, 7) is 18.0. The molecule has 1 aliphatic rings. The summed E-state index contributed by atoms with van der Waals surface area (Å²) in [7, 11) is 2.11. The van der Waals surface area contributed by atoms with Crippen LogP contribution in [0.15, 0.2) is 42.5 Å². The number of likely N-dealkylation sites (N-methyl/N-ethyl adjacent to an activating group) is 1. The largest absolute Gasteiger partial charge is 0.374 e. The van der Waals surface area contributed by atoms with E-state index in [1.165, 1.54) is 16.8 Å². The SMILES string of the molecule is [C-]#[N+]c1cccc(N(C)CCN2CCN(c3cccc(C)c3C)CC2)c1. The Kier molecular flexibility index (Phi) is 5.80. The maximum Gasteiger partial charge on any atom is 0.189 e. The van der Waals surface area contributed by atoms with Crippen LogP contribution in [0.5, 0.6) is 0 Å². The van der Waals surface area contributed by atoms with Gasteiger partial charge in [-0.25, -0.2) is 4.85 Å². The first-order valence-electron chi connectivity index (χ1n) is 9.30. The average molecular weight is 348 g/mol. The third kappa shape index (κ3) is 4.17. The Morgan fingerprint density at radius 1 is 1.04 bits per heavy atom. The van der Waals surface area contributed by atoms with Gasteiger partial charge in [0.1, 0.15) is 0 Å². The first kappa shape index (κ1) is 18.3. The van der Waals surface area contributed by atoms with E-state index < -0.39 is 0 Å². The summed E-state index contributed by atoms with van der Waals surface area (Å²) >= 11 is 0. The van der Waals surface area contributed by atoms with Gasteiger partial charge >= 0.3 is 0 Å². The second kappa shape index (κ2) is 8.25. The van der Waals surface area contributed by atoms with Crippen molar-refractivity contribution in [2.45, 2.75) is 13.8 Å². The monoisotopic (exact) mass is 348 g/mol. The van der Waals surface area contributed by atoms with Gasteiger partial charge in [-0.05, 0) is 43.2 Å². The highest BCUT2D eigenvalue weighted by atomic mass is 15.3. The first-order chi connectivity index (χ1) is 12.6. The highest BCUT2D eigenvalue weighted by Crippen LogP contribution is 2.24. The van der Waals surface area contributed by atoms with E-state index in [4.69, 9.17) is 6.57 Å². The van der Waals surface area contributed by atoms with Crippen molar-refractivity contribution < 1.29 is 0 Å². The van der Waals surface area contributed by atoms with Crippen molar-refractivity contribution in [1.82, 2.24) is 4.90 Å². The summed E-state index contributed by atoms with van der Waals surface area (Å²) in [5, 5.41) is 0. The van der Waals surface area contributed by atoms with E-state index in [1.54, 1.807) is 0 Å². The zero-order chi connectivity index (χ0) is 18.5. The molecule has 136 valence electrons. The van der Waals surface area contributed by atoms with Crippen LogP contribution in [0.4, 0.5) is 17.1 Å². The van der Waals surface area contributed by atoms with E-state index in [0.717, 1.165) is 45.0 Å². The Bertz CT molecular complexity index is 785. The van der Waals surface area contributed by atoms with Crippen molar-refractivity contribution in [3.05, 3.63) is 65.0 Å². The number of rotatable bonds is 5. The molecule has 0 saturated carbocycles. The summed E-state index contributed by atoms with van der Waals surface area (Å²) in [5.74, 6) is 0. The van der Waals surface area contributed by atoms with Gasteiger partial charge in [0.2, 0.25) is 0 Å². The number of hydrogen-bond acceptors (Lipinski definition) is 3. The van der Waals surface area contributed by atoms with Crippen LogP contribution in [0.25, 0.3) is 4.85 Å². The highest BCUT2D eigenvalue weighted by Gasteiger charge is 2.18. The topological polar surface area (TPSA) is 14.1 Å². The van der Waals surface area contributed by atoms with Crippen molar-refractivity contribution in [3.8, 4) is 0 Å². The number of benzene rings is 2. The molecule has 26 heavy (non-hydrogen) atoms. The van der Waals surface area contributed by atoms with Gasteiger partial charge < -0.3 is 9.80 Å². The van der Waals surface area contributed by atoms with Gasteiger partial charge in [0.25, 0.3) is 0 Å². The molecule has 4 nitrogen and oxygen atoms in total. The fraction of sp³-hybridized carbons (Fsp3) is 0.409. The smallest absolute Gasteiger partial charge is 0.189 e. The normalized spacial score (nSPS) is 14.9. The lowest BCUT2D eigenvalue weighted by Gasteiger charge is -2.37. The molecule has 0 aromatic heterocycles. The second-order valence-corrected chi connectivity index (χ2v) is 7.10. The number of anilines is 2. The lowest BCUT2D eigenvalue weighted by molar-refractivity contribution is 0.263. The fourth-order valence-corrected chi connectivity index (χ4v) is 3.51. The van der Waals surface area contributed by atoms with Gasteiger partial charge in [-0.1, -0.05) is 24.3 Å². The Morgan fingerprint density at radius 2 is 1.77 bits per heavy atom. The van der Waals surface area contributed by atoms with Crippen molar-refractivity contribution in [1.29, 1.82) is 0 Å². The van der Waals surface area contributed by atoms with Crippen molar-refractivity contribution >= 4 is 17.1 Å². The van der Waals surface area contributed by atoms with Gasteiger partial charge in [-0.2, -0.15) is 0 Å². The minimum atomic E-state index is 0.705. The summed E-state index contributed by atoms with van der Waals surface area (Å²) in [5.41, 5.74) is 5.98. The molecule has 0 unspecified atom stereocenters. The second-order valence-electron chi connectivity index (χ2n) is 7.10. The van der Waals surface area contributed by atoms with E-state index in [1.807, 2.05) is 18.2 Å². The molecule has 0 spiro atoms. The predicted molar refractivity (Wildman–Crippen MR) is 111 cm³/mol. The Hall–Kier alpha value is -2.51. The quantitative estimate of drug-likeness (QED) is 0.756. The molecule has 3 rings (SSSR count). The minimum absolute atomic E-state index is 0.705. The molecule has 0 bridgehead atoms. The maximum absolute atomic E-state index is 7.16. The van der Waals surface area contributed by atoms with Crippen LogP contribution >= 0.6 is 0 Å². The summed E-state index contributed by atoms with van der Waals surface area (Å²) < 4.78 is 0. The molecule has 0 radical (unpaired) electrons. The van der Waals surface area contributed by atoms with E-state index in [-0.39, 0.29) is 0 Å². The summed E-state index contributed by atoms with van der Waals surface area (Å²) in [4.78, 5) is 10.8. The highest BCUT2D eigenvalue weighted by molar-refractivity contribution is 5.58. The molecule has 0 N–H and O–H groups in total. The van der Waals surface area contributed by atoms with Gasteiger partial charge in [-0.15, -0.1) is 0 Å². The molecule has 0 amide bonds. The van der Waals surface area contributed by atoms with Crippen LogP contribution in [-0.2, 0) is 0 Å². The van der Waals surface area contributed by atoms with Crippen molar-refractivity contribution in [2.75, 3.05) is 56.1 Å². The molecule has 1 heterocycles. The Balaban J connectivity index is 1.51. The zero-order valence-corrected chi connectivity index (χ0v) is 16.1. The van der Waals surface area contributed by atoms with Crippen molar-refractivity contribution in [3.63, 3.8) is 0 Å². The van der Waals surface area contributed by atoms with Crippen LogP contribution < -0.4 is 9.80 Å². The third-order valence-corrected chi connectivity index (χ3v) is 5.44. The lowest BCUT2D eigenvalue weighted by Crippen LogP contribution is -2.48. The van der Waals surface area contributed by atoms with Crippen LogP contribution in [0.3, 0.4) is 0 Å².